The van der Waals surface area contributed by atoms with Crippen molar-refractivity contribution in [1.29, 1.82) is 0 Å². The smallest absolute Gasteiger partial charge is 0.241 e. The van der Waals surface area contributed by atoms with Crippen molar-refractivity contribution in [1.82, 2.24) is 14.9 Å². The van der Waals surface area contributed by atoms with Crippen molar-refractivity contribution in [3.63, 3.8) is 0 Å². The number of nitrogens with zero attached hydrogens (tertiary/aromatic N) is 1. The summed E-state index contributed by atoms with van der Waals surface area (Å²) in [5, 5.41) is 2.94. The Labute approximate surface area is 185 Å². The van der Waals surface area contributed by atoms with E-state index in [4.69, 9.17) is 5.73 Å². The van der Waals surface area contributed by atoms with Gasteiger partial charge in [0.1, 0.15) is 6.04 Å². The third kappa shape index (κ3) is 7.59. The minimum absolute atomic E-state index is 0.0397. The summed E-state index contributed by atoms with van der Waals surface area (Å²) in [7, 11) is -3.67. The predicted molar refractivity (Wildman–Crippen MR) is 119 cm³/mol. The van der Waals surface area contributed by atoms with Gasteiger partial charge >= 0.3 is 0 Å². The van der Waals surface area contributed by atoms with Crippen LogP contribution in [0.15, 0.2) is 30.3 Å². The number of hydrogen-bond donors (Lipinski definition) is 3. The molecule has 1 aromatic rings. The van der Waals surface area contributed by atoms with Crippen LogP contribution >= 0.6 is 0 Å². The number of carbonyl (C=O) groups excluding carboxylic acids is 2. The van der Waals surface area contributed by atoms with Crippen LogP contribution in [0.3, 0.4) is 0 Å². The average Bonchev–Trinajstić information content (AvgIpc) is 2.89. The maximum absolute atomic E-state index is 13.0. The normalized spacial score (nSPS) is 25.1. The summed E-state index contributed by atoms with van der Waals surface area (Å²) in [5.74, 6) is -0.270. The minimum Gasteiger partial charge on any atom is -0.354 e. The van der Waals surface area contributed by atoms with Gasteiger partial charge in [0.2, 0.25) is 21.8 Å². The molecule has 2 amide bonds. The Kier molecular flexibility index (Phi) is 8.45. The van der Waals surface area contributed by atoms with Crippen LogP contribution in [-0.4, -0.2) is 56.9 Å². The van der Waals surface area contributed by atoms with E-state index in [0.717, 1.165) is 38.5 Å². The summed E-state index contributed by atoms with van der Waals surface area (Å²) >= 11 is 0. The second-order valence-electron chi connectivity index (χ2n) is 8.76. The first-order valence-electron chi connectivity index (χ1n) is 11.2. The van der Waals surface area contributed by atoms with E-state index < -0.39 is 16.1 Å². The van der Waals surface area contributed by atoms with Gasteiger partial charge in [-0.15, -0.1) is 0 Å². The molecule has 8 nitrogen and oxygen atoms in total. The largest absolute Gasteiger partial charge is 0.354 e. The number of benzene rings is 1. The van der Waals surface area contributed by atoms with Crippen LogP contribution in [-0.2, 0) is 25.4 Å². The predicted octanol–water partition coefficient (Wildman–Crippen LogP) is 1.12. The molecule has 1 aliphatic carbocycles. The molecule has 1 aliphatic heterocycles. The molecule has 9 heteroatoms. The minimum atomic E-state index is -3.67. The van der Waals surface area contributed by atoms with Crippen molar-refractivity contribution in [2.75, 3.05) is 19.6 Å². The van der Waals surface area contributed by atoms with E-state index in [1.54, 1.807) is 24.3 Å². The number of rotatable bonds is 8. The van der Waals surface area contributed by atoms with E-state index in [0.29, 0.717) is 31.0 Å². The Balaban J connectivity index is 1.52. The molecule has 0 aromatic heterocycles. The summed E-state index contributed by atoms with van der Waals surface area (Å²) in [6.45, 7) is 1.02. The lowest BCUT2D eigenvalue weighted by Gasteiger charge is -2.27. The molecule has 1 atom stereocenters. The van der Waals surface area contributed by atoms with Crippen LogP contribution in [0, 0.1) is 5.92 Å². The highest BCUT2D eigenvalue weighted by atomic mass is 32.2. The molecular weight excluding hydrogens is 416 g/mol. The number of carbonyl (C=O) groups is 2. The van der Waals surface area contributed by atoms with E-state index in [9.17, 15) is 18.0 Å². The summed E-state index contributed by atoms with van der Waals surface area (Å²) in [6, 6.07) is 8.31. The van der Waals surface area contributed by atoms with Crippen molar-refractivity contribution >= 4 is 21.8 Å². The average molecular weight is 451 g/mol. The van der Waals surface area contributed by atoms with Crippen LogP contribution in [0.2, 0.25) is 0 Å². The van der Waals surface area contributed by atoms with Crippen molar-refractivity contribution in [2.45, 2.75) is 62.8 Å². The van der Waals surface area contributed by atoms with Gasteiger partial charge in [0.05, 0.1) is 12.3 Å². The topological polar surface area (TPSA) is 122 Å². The zero-order valence-corrected chi connectivity index (χ0v) is 18.8. The molecule has 1 saturated carbocycles. The molecule has 0 bridgehead atoms. The highest BCUT2D eigenvalue weighted by molar-refractivity contribution is 7.88. The first-order chi connectivity index (χ1) is 14.8. The molecule has 1 heterocycles. The molecule has 0 radical (unpaired) electrons. The van der Waals surface area contributed by atoms with Gasteiger partial charge in [-0.1, -0.05) is 30.3 Å². The fraction of sp³-hybridized carbons (Fsp3) is 0.636. The van der Waals surface area contributed by atoms with Gasteiger partial charge in [0.25, 0.3) is 0 Å². The first kappa shape index (κ1) is 23.7. The third-order valence-corrected chi connectivity index (χ3v) is 7.47. The maximum Gasteiger partial charge on any atom is 0.241 e. The standard InChI is InChI=1S/C22H34N4O4S/c23-19-11-9-17(10-12-19)14-24-21(27)15-26-13-5-4-8-20(22(26)28)25-31(29,30)16-18-6-2-1-3-7-18/h1-3,6-7,17,19-20,25H,4-5,8-16,23H2,(H,24,27)/t17?,19?,20-/m0/s1. The maximum atomic E-state index is 13.0. The van der Waals surface area contributed by atoms with Crippen LogP contribution in [0.5, 0.6) is 0 Å². The zero-order valence-electron chi connectivity index (χ0n) is 18.0. The summed E-state index contributed by atoms with van der Waals surface area (Å²) < 4.78 is 27.7. The molecule has 1 saturated heterocycles. The van der Waals surface area contributed by atoms with E-state index in [-0.39, 0.29) is 30.2 Å². The number of sulfonamides is 1. The second kappa shape index (κ2) is 11.1. The Morgan fingerprint density at radius 2 is 1.77 bits per heavy atom. The van der Waals surface area contributed by atoms with Gasteiger partial charge in [-0.05, 0) is 56.4 Å². The lowest BCUT2D eigenvalue weighted by molar-refractivity contribution is -0.137. The molecule has 0 unspecified atom stereocenters. The monoisotopic (exact) mass is 450 g/mol. The van der Waals surface area contributed by atoms with Gasteiger partial charge < -0.3 is 16.0 Å². The van der Waals surface area contributed by atoms with Crippen molar-refractivity contribution in [3.8, 4) is 0 Å². The summed E-state index contributed by atoms with van der Waals surface area (Å²) in [4.78, 5) is 26.9. The molecule has 1 aromatic carbocycles. The highest BCUT2D eigenvalue weighted by Gasteiger charge is 2.31. The van der Waals surface area contributed by atoms with Crippen LogP contribution in [0.25, 0.3) is 0 Å². The molecule has 3 rings (SSSR count). The number of amides is 2. The lowest BCUT2D eigenvalue weighted by atomic mass is 9.86. The number of nitrogens with two attached hydrogens (primary N) is 1. The van der Waals surface area contributed by atoms with E-state index in [1.807, 2.05) is 6.07 Å². The Bertz CT molecular complexity index is 838. The van der Waals surface area contributed by atoms with E-state index in [1.165, 1.54) is 4.90 Å². The molecule has 31 heavy (non-hydrogen) atoms. The van der Waals surface area contributed by atoms with Crippen LogP contribution < -0.4 is 15.8 Å². The Morgan fingerprint density at radius 3 is 2.48 bits per heavy atom. The van der Waals surface area contributed by atoms with Gasteiger partial charge in [-0.2, -0.15) is 0 Å². The van der Waals surface area contributed by atoms with Gasteiger partial charge in [-0.3, -0.25) is 9.59 Å². The third-order valence-electron chi connectivity index (χ3n) is 6.12. The van der Waals surface area contributed by atoms with Crippen LogP contribution in [0.4, 0.5) is 0 Å². The van der Waals surface area contributed by atoms with Crippen LogP contribution in [0.1, 0.15) is 50.5 Å². The van der Waals surface area contributed by atoms with Gasteiger partial charge in [-0.25, -0.2) is 13.1 Å². The van der Waals surface area contributed by atoms with E-state index in [2.05, 4.69) is 10.0 Å². The van der Waals surface area contributed by atoms with Crippen molar-refractivity contribution < 1.29 is 18.0 Å². The zero-order chi connectivity index (χ0) is 22.3. The van der Waals surface area contributed by atoms with Gasteiger partial charge in [0, 0.05) is 19.1 Å². The SMILES string of the molecule is NC1CCC(CNC(=O)CN2CCCC[C@H](NS(=O)(=O)Cc3ccccc3)C2=O)CC1. The van der Waals surface area contributed by atoms with Crippen molar-refractivity contribution in [3.05, 3.63) is 35.9 Å². The second-order valence-corrected chi connectivity index (χ2v) is 10.5. The Morgan fingerprint density at radius 1 is 1.06 bits per heavy atom. The van der Waals surface area contributed by atoms with Crippen molar-refractivity contribution in [2.24, 2.45) is 11.7 Å². The number of hydrogen-bond acceptors (Lipinski definition) is 5. The Hall–Kier alpha value is -1.97. The lowest BCUT2D eigenvalue weighted by Crippen LogP contribution is -2.50. The number of nitrogens with one attached hydrogen (secondary N) is 2. The summed E-state index contributed by atoms with van der Waals surface area (Å²) in [6.07, 6.45) is 5.89. The fourth-order valence-electron chi connectivity index (χ4n) is 4.30. The molecule has 2 aliphatic rings. The molecular formula is C22H34N4O4S. The summed E-state index contributed by atoms with van der Waals surface area (Å²) in [5.41, 5.74) is 6.59. The quantitative estimate of drug-likeness (QED) is 0.548. The fourth-order valence-corrected chi connectivity index (χ4v) is 5.67. The molecule has 2 fully saturated rings. The highest BCUT2D eigenvalue weighted by Crippen LogP contribution is 2.22. The molecule has 4 N–H and O–H groups in total. The first-order valence-corrected chi connectivity index (χ1v) is 12.8. The molecule has 0 spiro atoms. The molecule has 172 valence electrons. The van der Waals surface area contributed by atoms with E-state index >= 15 is 0 Å². The number of likely N-dealkylation sites (tertiary alicyclic amines) is 1. The van der Waals surface area contributed by atoms with Gasteiger partial charge in [0.15, 0.2) is 0 Å².